The van der Waals surface area contributed by atoms with Gasteiger partial charge in [0.2, 0.25) is 5.95 Å². The summed E-state index contributed by atoms with van der Waals surface area (Å²) in [5, 5.41) is 2.80. The van der Waals surface area contributed by atoms with Gasteiger partial charge in [0.15, 0.2) is 12.5 Å². The number of hydrogen-bond acceptors (Lipinski definition) is 8. The number of allylic oxidation sites excluding steroid dienone is 1. The third-order valence-corrected chi connectivity index (χ3v) is 3.53. The van der Waals surface area contributed by atoms with E-state index in [0.29, 0.717) is 5.75 Å². The summed E-state index contributed by atoms with van der Waals surface area (Å²) in [6.45, 7) is 8.47. The van der Waals surface area contributed by atoms with Crippen molar-refractivity contribution in [1.29, 1.82) is 0 Å². The molecule has 2 rings (SSSR count). The molecular weight excluding hydrogens is 403 g/mol. The highest BCUT2D eigenvalue weighted by Crippen LogP contribution is 2.31. The highest BCUT2D eigenvalue weighted by atomic mass is 19.4. The Morgan fingerprint density at radius 3 is 2.53 bits per heavy atom. The molecule has 2 aromatic rings. The van der Waals surface area contributed by atoms with Crippen LogP contribution in [0.4, 0.5) is 19.1 Å². The predicted molar refractivity (Wildman–Crippen MR) is 107 cm³/mol. The topological polar surface area (TPSA) is 98.8 Å². The average molecular weight is 423 g/mol. The van der Waals surface area contributed by atoms with Crippen LogP contribution in [-0.4, -0.2) is 53.0 Å². The van der Waals surface area contributed by atoms with Crippen LogP contribution in [-0.2, 0) is 6.42 Å². The molecule has 0 radical (unpaired) electrons. The van der Waals surface area contributed by atoms with E-state index in [0.717, 1.165) is 0 Å². The van der Waals surface area contributed by atoms with Crippen LogP contribution < -0.4 is 14.8 Å². The second-order valence-electron chi connectivity index (χ2n) is 5.60. The molecule has 2 aromatic heterocycles. The number of aliphatic imine (C=N–C) groups is 2. The van der Waals surface area contributed by atoms with Crippen LogP contribution in [0.1, 0.15) is 18.3 Å². The first-order valence-corrected chi connectivity index (χ1v) is 8.49. The lowest BCUT2D eigenvalue weighted by molar-refractivity contribution is -0.127. The first-order chi connectivity index (χ1) is 14.3. The summed E-state index contributed by atoms with van der Waals surface area (Å²) < 4.78 is 50.7. The van der Waals surface area contributed by atoms with Gasteiger partial charge in [-0.05, 0) is 20.4 Å². The molecule has 0 aliphatic carbocycles. The van der Waals surface area contributed by atoms with Gasteiger partial charge in [0.25, 0.3) is 0 Å². The Morgan fingerprint density at radius 2 is 2.00 bits per heavy atom. The SMILES string of the molecule is C=N/C(=C\NCOc1cnc(OC)nc1)c1c(CC(F)(F)F)nc(N=C)n1/C=C\C. The van der Waals surface area contributed by atoms with E-state index in [9.17, 15) is 13.2 Å². The highest BCUT2D eigenvalue weighted by molar-refractivity contribution is 5.71. The van der Waals surface area contributed by atoms with Crippen molar-refractivity contribution in [3.63, 3.8) is 0 Å². The molecule has 2 heterocycles. The lowest BCUT2D eigenvalue weighted by Crippen LogP contribution is -2.16. The van der Waals surface area contributed by atoms with Gasteiger partial charge in [-0.3, -0.25) is 9.56 Å². The van der Waals surface area contributed by atoms with Crippen LogP contribution in [0.2, 0.25) is 0 Å². The van der Waals surface area contributed by atoms with Crippen molar-refractivity contribution in [3.8, 4) is 11.8 Å². The number of rotatable bonds is 10. The van der Waals surface area contributed by atoms with E-state index in [4.69, 9.17) is 9.47 Å². The van der Waals surface area contributed by atoms with E-state index in [1.165, 1.54) is 36.5 Å². The molecule has 0 bridgehead atoms. The summed E-state index contributed by atoms with van der Waals surface area (Å²) in [5.74, 6) is 0.364. The van der Waals surface area contributed by atoms with E-state index in [2.05, 4.69) is 43.7 Å². The van der Waals surface area contributed by atoms with Gasteiger partial charge >= 0.3 is 12.2 Å². The minimum absolute atomic E-state index is 0.00327. The summed E-state index contributed by atoms with van der Waals surface area (Å²) in [7, 11) is 1.44. The Kier molecular flexibility index (Phi) is 7.67. The summed E-state index contributed by atoms with van der Waals surface area (Å²) in [4.78, 5) is 19.3. The van der Waals surface area contributed by atoms with Crippen molar-refractivity contribution in [2.24, 2.45) is 9.98 Å². The number of nitrogens with zero attached hydrogens (tertiary/aromatic N) is 6. The fourth-order valence-electron chi connectivity index (χ4n) is 2.39. The maximum absolute atomic E-state index is 13.0. The van der Waals surface area contributed by atoms with Crippen LogP contribution in [0, 0.1) is 0 Å². The molecule has 1 N–H and O–H groups in total. The molecule has 0 amide bonds. The first-order valence-electron chi connectivity index (χ1n) is 8.49. The van der Waals surface area contributed by atoms with Crippen molar-refractivity contribution >= 4 is 31.3 Å². The smallest absolute Gasteiger partial charge is 0.394 e. The molecule has 0 aliphatic heterocycles. The predicted octanol–water partition coefficient (Wildman–Crippen LogP) is 3.23. The first kappa shape index (κ1) is 22.6. The maximum Gasteiger partial charge on any atom is 0.394 e. The quantitative estimate of drug-likeness (QED) is 0.358. The monoisotopic (exact) mass is 423 g/mol. The molecule has 0 saturated carbocycles. The average Bonchev–Trinajstić information content (AvgIpc) is 3.04. The number of methoxy groups -OCH3 is 1. The molecule has 160 valence electrons. The van der Waals surface area contributed by atoms with Crippen LogP contribution >= 0.6 is 0 Å². The Balaban J connectivity index is 2.26. The van der Waals surface area contributed by atoms with E-state index in [1.54, 1.807) is 13.0 Å². The Hall–Kier alpha value is -3.70. The second kappa shape index (κ2) is 10.2. The molecular formula is C18H20F3N7O2. The Bertz CT molecular complexity index is 934. The van der Waals surface area contributed by atoms with Gasteiger partial charge in [0.1, 0.15) is 5.70 Å². The molecule has 9 nitrogen and oxygen atoms in total. The van der Waals surface area contributed by atoms with Crippen molar-refractivity contribution in [2.75, 3.05) is 13.8 Å². The van der Waals surface area contributed by atoms with Crippen molar-refractivity contribution in [2.45, 2.75) is 19.5 Å². The van der Waals surface area contributed by atoms with Gasteiger partial charge < -0.3 is 14.8 Å². The molecule has 0 aliphatic rings. The summed E-state index contributed by atoms with van der Waals surface area (Å²) in [6.07, 6.45) is 1.58. The molecule has 0 atom stereocenters. The van der Waals surface area contributed by atoms with Gasteiger partial charge in [-0.25, -0.2) is 9.98 Å². The molecule has 0 aromatic carbocycles. The molecule has 0 fully saturated rings. The van der Waals surface area contributed by atoms with E-state index in [1.807, 2.05) is 0 Å². The van der Waals surface area contributed by atoms with E-state index in [-0.39, 0.29) is 35.8 Å². The number of imidazole rings is 1. The van der Waals surface area contributed by atoms with Crippen LogP contribution in [0.3, 0.4) is 0 Å². The molecule has 12 heteroatoms. The van der Waals surface area contributed by atoms with Crippen LogP contribution in [0.15, 0.2) is 34.7 Å². The molecule has 0 spiro atoms. The molecule has 0 unspecified atom stereocenters. The van der Waals surface area contributed by atoms with Gasteiger partial charge in [0.05, 0.1) is 37.3 Å². The van der Waals surface area contributed by atoms with Gasteiger partial charge in [-0.1, -0.05) is 6.08 Å². The largest absolute Gasteiger partial charge is 0.470 e. The maximum atomic E-state index is 13.0. The second-order valence-corrected chi connectivity index (χ2v) is 5.60. The van der Waals surface area contributed by atoms with Gasteiger partial charge in [0, 0.05) is 12.4 Å². The molecule has 0 saturated heterocycles. The van der Waals surface area contributed by atoms with Crippen molar-refractivity contribution < 1.29 is 22.6 Å². The number of nitrogens with one attached hydrogen (secondary N) is 1. The number of ether oxygens (including phenoxy) is 2. The minimum atomic E-state index is -4.47. The van der Waals surface area contributed by atoms with Crippen molar-refractivity contribution in [1.82, 2.24) is 24.8 Å². The van der Waals surface area contributed by atoms with Gasteiger partial charge in [-0.15, -0.1) is 0 Å². The lowest BCUT2D eigenvalue weighted by atomic mass is 10.2. The van der Waals surface area contributed by atoms with E-state index >= 15 is 0 Å². The number of alkyl halides is 3. The molecule has 30 heavy (non-hydrogen) atoms. The number of halogens is 3. The number of aromatic nitrogens is 4. The lowest BCUT2D eigenvalue weighted by Gasteiger charge is -2.10. The summed E-state index contributed by atoms with van der Waals surface area (Å²) in [6, 6.07) is 0.189. The zero-order valence-corrected chi connectivity index (χ0v) is 16.3. The zero-order valence-electron chi connectivity index (χ0n) is 16.3. The normalized spacial score (nSPS) is 12.1. The fourth-order valence-corrected chi connectivity index (χ4v) is 2.39. The van der Waals surface area contributed by atoms with Crippen LogP contribution in [0.25, 0.3) is 11.9 Å². The van der Waals surface area contributed by atoms with Gasteiger partial charge in [-0.2, -0.15) is 23.1 Å². The third kappa shape index (κ3) is 5.90. The fraction of sp³-hybridized carbons (Fsp3) is 0.278. The Labute approximate surface area is 170 Å². The standard InChI is InChI=1S/C18H20F3N7O2/c1-5-6-28-15(13(7-18(19,20)21)27-16(28)23-3)14(22-2)10-24-11-30-12-8-25-17(29-4)26-9-12/h5-6,8-10,24H,2-3,7,11H2,1,4H3/b6-5-,14-10-. The summed E-state index contributed by atoms with van der Waals surface area (Å²) in [5.41, 5.74) is -0.0552. The van der Waals surface area contributed by atoms with Crippen molar-refractivity contribution in [3.05, 3.63) is 36.1 Å². The minimum Gasteiger partial charge on any atom is -0.470 e. The van der Waals surface area contributed by atoms with E-state index < -0.39 is 12.6 Å². The third-order valence-electron chi connectivity index (χ3n) is 3.53. The Morgan fingerprint density at radius 1 is 1.30 bits per heavy atom. The zero-order chi connectivity index (χ0) is 22.1. The summed E-state index contributed by atoms with van der Waals surface area (Å²) >= 11 is 0. The number of hydrogen-bond donors (Lipinski definition) is 1. The highest BCUT2D eigenvalue weighted by Gasteiger charge is 2.32. The van der Waals surface area contributed by atoms with Crippen LogP contribution in [0.5, 0.6) is 11.8 Å².